The monoisotopic (exact) mass is 919 g/mol. The summed E-state index contributed by atoms with van der Waals surface area (Å²) in [6.07, 6.45) is -6.56. The zero-order valence-electron chi connectivity index (χ0n) is 28.4. The first-order valence-electron chi connectivity index (χ1n) is 14.4. The molecule has 0 rings (SSSR count). The number of hydrogen-bond acceptors (Lipinski definition) is 28. The lowest BCUT2D eigenvalue weighted by atomic mass is 10.4. The Hall–Kier alpha value is 0.770. The fourth-order valence-corrected chi connectivity index (χ4v) is 8.13. The van der Waals surface area contributed by atoms with Crippen LogP contribution in [0.1, 0.15) is 27.7 Å². The van der Waals surface area contributed by atoms with Crippen molar-refractivity contribution in [1.29, 1.82) is 0 Å². The average molecular weight is 919 g/mol. The molecule has 0 aliphatic rings. The van der Waals surface area contributed by atoms with E-state index in [0.29, 0.717) is 7.11 Å². The highest BCUT2D eigenvalue weighted by Gasteiger charge is 2.29. The van der Waals surface area contributed by atoms with E-state index in [-0.39, 0.29) is 0 Å². The Bertz CT molecular complexity index is 1260. The molecule has 0 amide bonds. The highest BCUT2D eigenvalue weighted by molar-refractivity contribution is 7.47. The lowest BCUT2D eigenvalue weighted by Crippen LogP contribution is -2.32. The van der Waals surface area contributed by atoms with E-state index in [9.17, 15) is 66.2 Å². The zero-order valence-corrected chi connectivity index (χ0v) is 34.6. The Morgan fingerprint density at radius 2 is 0.528 bits per heavy atom. The van der Waals surface area contributed by atoms with Crippen molar-refractivity contribution in [3.8, 4) is 0 Å². The van der Waals surface area contributed by atoms with Crippen molar-refractivity contribution in [3.05, 3.63) is 0 Å². The molecule has 0 N–H and O–H groups in total. The first-order valence-corrected chi connectivity index (χ1v) is 24.6. The maximum Gasteiger partial charge on any atom is 0.268 e. The van der Waals surface area contributed by atoms with E-state index in [0.717, 1.165) is 0 Å². The molecule has 0 aliphatic heterocycles. The maximum atomic E-state index is 12.6. The van der Waals surface area contributed by atoms with Crippen molar-refractivity contribution in [2.75, 3.05) is 73.2 Å². The molecule has 53 heavy (non-hydrogen) atoms. The molecule has 0 saturated carbocycles. The molecule has 0 fully saturated rings. The molecule has 35 heteroatoms. The summed E-state index contributed by atoms with van der Waals surface area (Å²) in [5, 5.41) is 0. The van der Waals surface area contributed by atoms with Crippen LogP contribution in [0.25, 0.3) is 0 Å². The number of phosphoric acid groups is 7. The van der Waals surface area contributed by atoms with Gasteiger partial charge >= 0.3 is 0 Å². The van der Waals surface area contributed by atoms with Gasteiger partial charge < -0.3 is 97.6 Å². The Morgan fingerprint density at radius 1 is 0.340 bits per heavy atom. The largest absolute Gasteiger partial charge is 0.756 e. The van der Waals surface area contributed by atoms with Crippen LogP contribution in [0.15, 0.2) is 0 Å². The van der Waals surface area contributed by atoms with Crippen molar-refractivity contribution in [1.82, 2.24) is 0 Å². The predicted molar refractivity (Wildman–Crippen MR) is 157 cm³/mol. The second kappa shape index (κ2) is 24.6. The van der Waals surface area contributed by atoms with Crippen LogP contribution in [0.2, 0.25) is 0 Å². The molecule has 7 atom stereocenters. The second-order valence-electron chi connectivity index (χ2n) is 8.94. The van der Waals surface area contributed by atoms with Crippen molar-refractivity contribution in [2.45, 2.75) is 46.0 Å². The molecule has 0 aromatic carbocycles. The Kier molecular flexibility index (Phi) is 25.0. The lowest BCUT2D eigenvalue weighted by molar-refractivity contribution is -0.250. The highest BCUT2D eigenvalue weighted by Crippen LogP contribution is 2.48. The fraction of sp³-hybridized carbons (Fsp3) is 1.00. The number of phosphoric ester groups is 7. The smallest absolute Gasteiger partial charge is 0.268 e. The molecule has 0 spiro atoms. The van der Waals surface area contributed by atoms with E-state index in [4.69, 9.17) is 0 Å². The molecule has 320 valence electrons. The van der Waals surface area contributed by atoms with Crippen molar-refractivity contribution >= 4 is 54.8 Å². The minimum Gasteiger partial charge on any atom is -0.756 e. The van der Waals surface area contributed by atoms with Crippen LogP contribution >= 0.6 is 54.8 Å². The zero-order chi connectivity index (χ0) is 41.2. The van der Waals surface area contributed by atoms with E-state index in [2.05, 4.69) is 63.3 Å². The summed E-state index contributed by atoms with van der Waals surface area (Å²) in [5.41, 5.74) is 0. The number of hydrogen-bond donors (Lipinski definition) is 0. The summed E-state index contributed by atoms with van der Waals surface area (Å²) in [5.74, 6) is 0. The number of rotatable bonds is 33. The summed E-state index contributed by atoms with van der Waals surface area (Å²) in [6.45, 7) is -4.76. The van der Waals surface area contributed by atoms with E-state index >= 15 is 0 Å². The van der Waals surface area contributed by atoms with Crippen molar-refractivity contribution < 1.29 is 130 Å². The van der Waals surface area contributed by atoms with Gasteiger partial charge in [0.15, 0.2) is 0 Å². The van der Waals surface area contributed by atoms with Gasteiger partial charge in [-0.15, -0.1) is 0 Å². The maximum absolute atomic E-state index is 12.6. The van der Waals surface area contributed by atoms with Crippen LogP contribution in [0.5, 0.6) is 0 Å². The van der Waals surface area contributed by atoms with Gasteiger partial charge in [-0.3, -0.25) is 32.0 Å². The molecule has 28 nitrogen and oxygen atoms in total. The topological polar surface area (TPSA) is 410 Å². The molecule has 0 aromatic rings. The van der Waals surface area contributed by atoms with Crippen LogP contribution in [0.4, 0.5) is 0 Å². The van der Waals surface area contributed by atoms with E-state index < -0.39 is 139 Å². The molecule has 0 heterocycles. The second-order valence-corrected chi connectivity index (χ2v) is 18.8. The summed E-state index contributed by atoms with van der Waals surface area (Å²) in [7, 11) is -36.7. The Labute approximate surface area is 303 Å². The van der Waals surface area contributed by atoms with Crippen LogP contribution in [-0.2, 0) is 95.3 Å². The van der Waals surface area contributed by atoms with Gasteiger partial charge in [0, 0.05) is 7.11 Å². The third-order valence-electron chi connectivity index (χ3n) is 4.72. The molecule has 0 radical (unpaired) electrons. The summed E-state index contributed by atoms with van der Waals surface area (Å²) in [6, 6.07) is 0. The van der Waals surface area contributed by atoms with Crippen LogP contribution < -0.4 is 34.3 Å². The normalized spacial score (nSPS) is 22.1. The van der Waals surface area contributed by atoms with Crippen molar-refractivity contribution in [2.24, 2.45) is 0 Å². The molecule has 0 aromatic heterocycles. The Morgan fingerprint density at radius 3 is 0.717 bits per heavy atom. The summed E-state index contributed by atoms with van der Waals surface area (Å²) >= 11 is 0. The third-order valence-corrected chi connectivity index (χ3v) is 11.9. The molecule has 7 unspecified atom stereocenters. The van der Waals surface area contributed by atoms with Gasteiger partial charge in [-0.25, -0.2) is 0 Å². The van der Waals surface area contributed by atoms with Crippen LogP contribution in [0, 0.1) is 0 Å². The lowest BCUT2D eigenvalue weighted by Gasteiger charge is -2.34. The van der Waals surface area contributed by atoms with Gasteiger partial charge in [0.1, 0.15) is 18.3 Å². The van der Waals surface area contributed by atoms with Crippen molar-refractivity contribution in [3.63, 3.8) is 0 Å². The molecular formula is C18H38O28P7-7. The fourth-order valence-electron chi connectivity index (χ4n) is 2.81. The molecular weight excluding hydrogens is 881 g/mol. The van der Waals surface area contributed by atoms with Crippen LogP contribution in [-0.4, -0.2) is 91.5 Å². The van der Waals surface area contributed by atoms with E-state index in [1.165, 1.54) is 27.7 Å². The standard InChI is InChI=1S/C18H45O28P7/c1-6-34-48(21,22)38-10-17(11-39-49(23,24)35-7-2)45-52(29,30)42-14-16(44-47(19,20)33-5)15-43-53(31,32)46-18(12-40-50(25,26)36-8-3)13-41-51(27,28)37-9-4/h16-18H,6-15H2,1-5H3,(H,19,20)(H,21,22)(H,23,24)(H,25,26)(H,27,28)(H,29,30)(H,31,32)/p-7. The van der Waals surface area contributed by atoms with Gasteiger partial charge in [0.05, 0.1) is 66.1 Å². The van der Waals surface area contributed by atoms with Gasteiger partial charge in [-0.2, -0.15) is 0 Å². The van der Waals surface area contributed by atoms with Gasteiger partial charge in [0.25, 0.3) is 54.8 Å². The van der Waals surface area contributed by atoms with Gasteiger partial charge in [-0.1, -0.05) is 0 Å². The molecule has 0 bridgehead atoms. The predicted octanol–water partition coefficient (Wildman–Crippen LogP) is -1.69. The third kappa shape index (κ3) is 27.2. The quantitative estimate of drug-likeness (QED) is 0.0663. The Balaban J connectivity index is 5.97. The summed E-state index contributed by atoms with van der Waals surface area (Å²) in [4.78, 5) is 84.1. The average Bonchev–Trinajstić information content (AvgIpc) is 3.01. The van der Waals surface area contributed by atoms with Gasteiger partial charge in [0.2, 0.25) is 0 Å². The summed E-state index contributed by atoms with van der Waals surface area (Å²) < 4.78 is 146. The minimum absolute atomic E-state index is 0.420. The highest BCUT2D eigenvalue weighted by atomic mass is 31.2. The SMILES string of the molecule is CCOP(=O)([O-])OCC(COP(=O)([O-])OCC)OP(=O)([O-])OCC(COP(=O)([O-])OC(COP(=O)([O-])OCC)COP(=O)([O-])OCC)OP(=O)([O-])OC. The minimum atomic E-state index is -5.81. The first-order chi connectivity index (χ1) is 24.2. The van der Waals surface area contributed by atoms with E-state index in [1.54, 1.807) is 0 Å². The van der Waals surface area contributed by atoms with E-state index in [1.807, 2.05) is 0 Å². The van der Waals surface area contributed by atoms with Gasteiger partial charge in [-0.05, 0) is 27.7 Å². The molecule has 0 aliphatic carbocycles. The van der Waals surface area contributed by atoms with Crippen LogP contribution in [0.3, 0.4) is 0 Å². The first kappa shape index (κ1) is 53.8. The molecule has 0 saturated heterocycles.